The molecule has 12 nitrogen and oxygen atoms in total. The number of rotatable bonds is 6. The van der Waals surface area contributed by atoms with Crippen molar-refractivity contribution in [1.29, 1.82) is 0 Å². The quantitative estimate of drug-likeness (QED) is 0.113. The fraction of sp³-hybridized carbons (Fsp3) is 0.130. The summed E-state index contributed by atoms with van der Waals surface area (Å²) in [4.78, 5) is 51.2. The Morgan fingerprint density at radius 3 is 1.70 bits per heavy atom. The summed E-state index contributed by atoms with van der Waals surface area (Å²) in [6, 6.07) is 9.45. The van der Waals surface area contributed by atoms with Crippen LogP contribution in [-0.2, 0) is 0 Å². The van der Waals surface area contributed by atoms with E-state index < -0.39 is 9.85 Å². The molecule has 0 saturated carbocycles. The summed E-state index contributed by atoms with van der Waals surface area (Å²) < 4.78 is 4.30. The van der Waals surface area contributed by atoms with Gasteiger partial charge in [0.2, 0.25) is 0 Å². The molecule has 190 valence electrons. The Bertz CT molecular complexity index is 1540. The third kappa shape index (κ3) is 6.21. The Hall–Kier alpha value is -4.04. The van der Waals surface area contributed by atoms with Crippen LogP contribution in [0.2, 0.25) is 0 Å². The van der Waals surface area contributed by atoms with Crippen LogP contribution >= 0.6 is 31.9 Å². The predicted molar refractivity (Wildman–Crippen MR) is 141 cm³/mol. The maximum Gasteiger partial charge on any atom is 0.294 e. The number of carbonyl (C=O) groups is 2. The van der Waals surface area contributed by atoms with Crippen LogP contribution in [0.1, 0.15) is 39.5 Å². The van der Waals surface area contributed by atoms with E-state index in [0.29, 0.717) is 38.3 Å². The molecule has 0 saturated heterocycles. The Kier molecular flexibility index (Phi) is 8.45. The van der Waals surface area contributed by atoms with Crippen LogP contribution in [0.4, 0.5) is 11.4 Å². The van der Waals surface area contributed by atoms with Crippen molar-refractivity contribution in [1.82, 2.24) is 19.1 Å². The number of halogens is 2. The Labute approximate surface area is 226 Å². The maximum atomic E-state index is 11.3. The van der Waals surface area contributed by atoms with Crippen molar-refractivity contribution in [3.8, 4) is 11.4 Å². The van der Waals surface area contributed by atoms with Crippen LogP contribution in [0.5, 0.6) is 0 Å². The number of nitro benzene ring substituents is 2. The maximum absolute atomic E-state index is 11.3. The number of ketones is 1. The number of hydrogen-bond donors (Lipinski definition) is 0. The molecule has 0 aliphatic heterocycles. The minimum Gasteiger partial charge on any atom is -0.297 e. The molecule has 0 amide bonds. The highest BCUT2D eigenvalue weighted by Crippen LogP contribution is 2.29. The third-order valence-electron chi connectivity index (χ3n) is 5.05. The lowest BCUT2D eigenvalue weighted by Crippen LogP contribution is -2.01. The van der Waals surface area contributed by atoms with Gasteiger partial charge < -0.3 is 0 Å². The lowest BCUT2D eigenvalue weighted by molar-refractivity contribution is -0.384. The standard InChI is InChI=1S/C12H10BrN3O3.C11H8BrN3O3/c1-7(17)10-6-15(8(2)14-10)11-4-3-9(13)5-12(11)16(18)19;1-7-13-9(6-16)5-14(7)10-3-2-8(12)4-11(10)15(17)18/h3-6H,1-2H3;2-6H,1H3. The number of benzene rings is 2. The summed E-state index contributed by atoms with van der Waals surface area (Å²) in [5.41, 5.74) is 1.18. The summed E-state index contributed by atoms with van der Waals surface area (Å²) in [6.45, 7) is 4.78. The summed E-state index contributed by atoms with van der Waals surface area (Å²) in [5, 5.41) is 22.1. The molecule has 4 rings (SSSR count). The van der Waals surface area contributed by atoms with E-state index in [2.05, 4.69) is 41.8 Å². The molecule has 2 aromatic heterocycles. The van der Waals surface area contributed by atoms with Crippen LogP contribution in [0.3, 0.4) is 0 Å². The molecule has 0 fully saturated rings. The van der Waals surface area contributed by atoms with E-state index >= 15 is 0 Å². The van der Waals surface area contributed by atoms with Gasteiger partial charge in [0.15, 0.2) is 12.1 Å². The Morgan fingerprint density at radius 1 is 0.865 bits per heavy atom. The van der Waals surface area contributed by atoms with Gasteiger partial charge in [-0.15, -0.1) is 0 Å². The second kappa shape index (κ2) is 11.3. The van der Waals surface area contributed by atoms with Gasteiger partial charge in [0.25, 0.3) is 11.4 Å². The second-order valence-electron chi connectivity index (χ2n) is 7.58. The number of aryl methyl sites for hydroxylation is 2. The number of aldehydes is 1. The molecule has 0 spiro atoms. The highest BCUT2D eigenvalue weighted by atomic mass is 79.9. The fourth-order valence-electron chi connectivity index (χ4n) is 3.38. The van der Waals surface area contributed by atoms with E-state index in [9.17, 15) is 29.8 Å². The van der Waals surface area contributed by atoms with Crippen LogP contribution in [0, 0.1) is 34.1 Å². The molecule has 0 radical (unpaired) electrons. The van der Waals surface area contributed by atoms with Crippen LogP contribution in [0.15, 0.2) is 57.7 Å². The number of carbonyl (C=O) groups excluding carboxylic acids is 2. The van der Waals surface area contributed by atoms with Crippen molar-refractivity contribution in [2.75, 3.05) is 0 Å². The molecule has 0 N–H and O–H groups in total. The molecule has 4 aromatic rings. The third-order valence-corrected chi connectivity index (χ3v) is 6.04. The average Bonchev–Trinajstić information content (AvgIpc) is 3.41. The SMILES string of the molecule is CC(=O)c1cn(-c2ccc(Br)cc2[N+](=O)[O-])c(C)n1.Cc1nc(C=O)cn1-c1ccc(Br)cc1[N+](=O)[O-]. The average molecular weight is 634 g/mol. The number of nitrogens with zero attached hydrogens (tertiary/aromatic N) is 6. The first kappa shape index (κ1) is 27.5. The molecule has 0 bridgehead atoms. The molecule has 0 aliphatic rings. The zero-order valence-electron chi connectivity index (χ0n) is 19.6. The first-order chi connectivity index (χ1) is 17.4. The van der Waals surface area contributed by atoms with Gasteiger partial charge in [-0.1, -0.05) is 31.9 Å². The number of Topliss-reactive ketones (excluding diaryl/α,β-unsaturated/α-hetero) is 1. The first-order valence-electron chi connectivity index (χ1n) is 10.4. The summed E-state index contributed by atoms with van der Waals surface area (Å²) >= 11 is 6.39. The van der Waals surface area contributed by atoms with Gasteiger partial charge in [-0.25, -0.2) is 9.97 Å². The molecular weight excluding hydrogens is 616 g/mol. The highest BCUT2D eigenvalue weighted by Gasteiger charge is 2.19. The lowest BCUT2D eigenvalue weighted by atomic mass is 10.2. The zero-order valence-corrected chi connectivity index (χ0v) is 22.8. The van der Waals surface area contributed by atoms with Gasteiger partial charge in [-0.3, -0.25) is 39.0 Å². The molecule has 37 heavy (non-hydrogen) atoms. The van der Waals surface area contributed by atoms with Crippen LogP contribution in [0.25, 0.3) is 11.4 Å². The van der Waals surface area contributed by atoms with Gasteiger partial charge in [0.1, 0.15) is 34.4 Å². The van der Waals surface area contributed by atoms with E-state index in [1.54, 1.807) is 42.7 Å². The fourth-order valence-corrected chi connectivity index (χ4v) is 4.07. The molecule has 2 heterocycles. The Morgan fingerprint density at radius 2 is 1.32 bits per heavy atom. The highest BCUT2D eigenvalue weighted by molar-refractivity contribution is 9.10. The van der Waals surface area contributed by atoms with Gasteiger partial charge in [-0.05, 0) is 38.1 Å². The van der Waals surface area contributed by atoms with Crippen LogP contribution < -0.4 is 0 Å². The summed E-state index contributed by atoms with van der Waals surface area (Å²) in [6.07, 6.45) is 3.58. The minimum absolute atomic E-state index is 0.0509. The van der Waals surface area contributed by atoms with Gasteiger partial charge >= 0.3 is 0 Å². The number of imidazole rings is 2. The summed E-state index contributed by atoms with van der Waals surface area (Å²) in [7, 11) is 0. The van der Waals surface area contributed by atoms with Gasteiger partial charge in [0, 0.05) is 40.4 Å². The normalized spacial score (nSPS) is 10.4. The van der Waals surface area contributed by atoms with Gasteiger partial charge in [0.05, 0.1) is 9.85 Å². The van der Waals surface area contributed by atoms with Crippen molar-refractivity contribution < 1.29 is 19.4 Å². The van der Waals surface area contributed by atoms with Crippen molar-refractivity contribution in [3.63, 3.8) is 0 Å². The number of aromatic nitrogens is 4. The van der Waals surface area contributed by atoms with E-state index in [4.69, 9.17) is 0 Å². The van der Waals surface area contributed by atoms with Gasteiger partial charge in [-0.2, -0.15) is 0 Å². The number of nitro groups is 2. The largest absolute Gasteiger partial charge is 0.297 e. The predicted octanol–water partition coefficient (Wildman–Crippen LogP) is 5.72. The van der Waals surface area contributed by atoms with Crippen molar-refractivity contribution >= 4 is 55.3 Å². The lowest BCUT2D eigenvalue weighted by Gasteiger charge is -2.05. The van der Waals surface area contributed by atoms with Crippen molar-refractivity contribution in [2.24, 2.45) is 0 Å². The Balaban J connectivity index is 0.000000206. The second-order valence-corrected chi connectivity index (χ2v) is 9.41. The van der Waals surface area contributed by atoms with Crippen molar-refractivity contribution in [2.45, 2.75) is 20.8 Å². The molecule has 0 aliphatic carbocycles. The van der Waals surface area contributed by atoms with E-state index in [0.717, 1.165) is 0 Å². The number of hydrogen-bond acceptors (Lipinski definition) is 8. The van der Waals surface area contributed by atoms with Crippen molar-refractivity contribution in [3.05, 3.63) is 101 Å². The molecular formula is C23H18Br2N6O6. The summed E-state index contributed by atoms with van der Waals surface area (Å²) in [5.74, 6) is 0.861. The zero-order chi connectivity index (χ0) is 27.4. The smallest absolute Gasteiger partial charge is 0.294 e. The first-order valence-corrected chi connectivity index (χ1v) is 12.0. The molecule has 2 aromatic carbocycles. The van der Waals surface area contributed by atoms with E-state index in [1.807, 2.05) is 0 Å². The monoisotopic (exact) mass is 632 g/mol. The molecule has 0 unspecified atom stereocenters. The van der Waals surface area contributed by atoms with E-state index in [1.165, 1.54) is 36.0 Å². The molecule has 14 heteroatoms. The van der Waals surface area contributed by atoms with E-state index in [-0.39, 0.29) is 28.5 Å². The van der Waals surface area contributed by atoms with Crippen LogP contribution in [-0.4, -0.2) is 41.0 Å². The molecule has 0 atom stereocenters. The minimum atomic E-state index is -0.472. The topological polar surface area (TPSA) is 156 Å².